The minimum Gasteiger partial charge on any atom is -0.497 e. The second-order valence-corrected chi connectivity index (χ2v) is 5.45. The Labute approximate surface area is 129 Å². The molecule has 5 nitrogen and oxygen atoms in total. The summed E-state index contributed by atoms with van der Waals surface area (Å²) in [5.74, 6) is 1.75. The summed E-state index contributed by atoms with van der Waals surface area (Å²) in [7, 11) is 1.67. The molecule has 0 amide bonds. The zero-order chi connectivity index (χ0) is 14.8. The highest BCUT2D eigenvalue weighted by molar-refractivity contribution is 7.80. The van der Waals surface area contributed by atoms with Crippen molar-refractivity contribution < 1.29 is 9.47 Å². The van der Waals surface area contributed by atoms with Crippen LogP contribution in [0.25, 0.3) is 0 Å². The van der Waals surface area contributed by atoms with Gasteiger partial charge in [0.1, 0.15) is 18.1 Å². The standard InChI is InChI=1S/C15H18N3O2S/c1-19-13-2-3-14-10(7-13)6-12(9-20-14)18-11(4-5-16)8-17-15(18)21/h2-3,7-8,12H,4-6,9,16H2,1H3/t12-/m1/s1. The van der Waals surface area contributed by atoms with Gasteiger partial charge in [-0.05, 0) is 42.5 Å². The van der Waals surface area contributed by atoms with Gasteiger partial charge in [-0.25, -0.2) is 5.32 Å². The largest absolute Gasteiger partial charge is 0.497 e. The molecule has 3 rings (SSSR count). The molecule has 0 fully saturated rings. The topological polar surface area (TPSA) is 61.8 Å². The number of fused-ring (bicyclic) bond motifs is 1. The maximum absolute atomic E-state index is 5.87. The summed E-state index contributed by atoms with van der Waals surface area (Å²) in [5.41, 5.74) is 7.86. The third-order valence-electron chi connectivity index (χ3n) is 3.76. The molecular formula is C15H18N3O2S. The summed E-state index contributed by atoms with van der Waals surface area (Å²) in [6.45, 7) is 1.18. The van der Waals surface area contributed by atoms with Crippen molar-refractivity contribution in [1.82, 2.24) is 10.2 Å². The van der Waals surface area contributed by atoms with Crippen LogP contribution in [0, 0.1) is 0 Å². The fourth-order valence-electron chi connectivity index (χ4n) is 2.75. The van der Waals surface area contributed by atoms with Gasteiger partial charge in [0.15, 0.2) is 5.11 Å². The second-order valence-electron chi connectivity index (χ2n) is 5.08. The molecule has 2 aliphatic rings. The lowest BCUT2D eigenvalue weighted by atomic mass is 10.0. The Morgan fingerprint density at radius 3 is 3.14 bits per heavy atom. The lowest BCUT2D eigenvalue weighted by Gasteiger charge is -2.34. The number of nitrogens with two attached hydrogens (primary N) is 1. The first-order valence-electron chi connectivity index (χ1n) is 6.96. The van der Waals surface area contributed by atoms with Crippen molar-refractivity contribution in [2.75, 3.05) is 20.3 Å². The molecule has 0 unspecified atom stereocenters. The van der Waals surface area contributed by atoms with E-state index in [0.717, 1.165) is 35.6 Å². The minimum absolute atomic E-state index is 0.154. The SMILES string of the molecule is COc1ccc2c(c1)C[C@@H](N1C(=S)[N]C=C1CCN)CO2. The van der Waals surface area contributed by atoms with E-state index < -0.39 is 0 Å². The third-order valence-corrected chi connectivity index (χ3v) is 4.06. The van der Waals surface area contributed by atoms with E-state index in [-0.39, 0.29) is 6.04 Å². The first kappa shape index (κ1) is 14.2. The predicted molar refractivity (Wildman–Crippen MR) is 84.3 cm³/mol. The van der Waals surface area contributed by atoms with E-state index in [0.29, 0.717) is 18.3 Å². The summed E-state index contributed by atoms with van der Waals surface area (Å²) in [5, 5.41) is 4.84. The quantitative estimate of drug-likeness (QED) is 0.852. The molecule has 1 radical (unpaired) electrons. The molecular weight excluding hydrogens is 286 g/mol. The first-order valence-corrected chi connectivity index (χ1v) is 7.36. The molecule has 111 valence electrons. The monoisotopic (exact) mass is 304 g/mol. The Morgan fingerprint density at radius 2 is 2.38 bits per heavy atom. The van der Waals surface area contributed by atoms with E-state index in [1.807, 2.05) is 24.4 Å². The Kier molecular flexibility index (Phi) is 3.98. The van der Waals surface area contributed by atoms with Crippen LogP contribution in [0.5, 0.6) is 11.5 Å². The molecule has 6 heteroatoms. The van der Waals surface area contributed by atoms with Gasteiger partial charge in [-0.3, -0.25) is 0 Å². The molecule has 0 saturated carbocycles. The highest BCUT2D eigenvalue weighted by Crippen LogP contribution is 2.32. The van der Waals surface area contributed by atoms with Crippen LogP contribution in [-0.4, -0.2) is 36.3 Å². The van der Waals surface area contributed by atoms with Crippen molar-refractivity contribution in [2.45, 2.75) is 18.9 Å². The predicted octanol–water partition coefficient (Wildman–Crippen LogP) is 1.39. The van der Waals surface area contributed by atoms with Crippen LogP contribution in [0.4, 0.5) is 0 Å². The van der Waals surface area contributed by atoms with Crippen LogP contribution in [0.1, 0.15) is 12.0 Å². The molecule has 0 bridgehead atoms. The molecule has 2 N–H and O–H groups in total. The molecule has 21 heavy (non-hydrogen) atoms. The molecule has 2 aliphatic heterocycles. The molecule has 1 aromatic rings. The smallest absolute Gasteiger partial charge is 0.200 e. The van der Waals surface area contributed by atoms with Crippen molar-refractivity contribution in [3.05, 3.63) is 35.7 Å². The second kappa shape index (κ2) is 5.91. The van der Waals surface area contributed by atoms with Gasteiger partial charge in [-0.1, -0.05) is 0 Å². The molecule has 0 aliphatic carbocycles. The molecule has 1 atom stereocenters. The van der Waals surface area contributed by atoms with Gasteiger partial charge in [0.25, 0.3) is 0 Å². The highest BCUT2D eigenvalue weighted by atomic mass is 32.1. The summed E-state index contributed by atoms with van der Waals surface area (Å²) >= 11 is 5.35. The van der Waals surface area contributed by atoms with Crippen molar-refractivity contribution in [2.24, 2.45) is 5.73 Å². The van der Waals surface area contributed by atoms with Gasteiger partial charge in [-0.2, -0.15) is 0 Å². The fourth-order valence-corrected chi connectivity index (χ4v) is 3.07. The number of thiocarbonyl (C=S) groups is 1. The average Bonchev–Trinajstić information content (AvgIpc) is 2.87. The van der Waals surface area contributed by atoms with Crippen molar-refractivity contribution >= 4 is 17.3 Å². The van der Waals surface area contributed by atoms with Gasteiger partial charge in [0, 0.05) is 24.7 Å². The fraction of sp³-hybridized carbons (Fsp3) is 0.400. The summed E-state index contributed by atoms with van der Waals surface area (Å²) in [6.07, 6.45) is 3.44. The maximum atomic E-state index is 5.87. The Morgan fingerprint density at radius 1 is 1.52 bits per heavy atom. The lowest BCUT2D eigenvalue weighted by molar-refractivity contribution is 0.196. The van der Waals surface area contributed by atoms with E-state index in [4.69, 9.17) is 27.4 Å². The summed E-state index contributed by atoms with van der Waals surface area (Å²) in [6, 6.07) is 6.04. The molecule has 0 spiro atoms. The van der Waals surface area contributed by atoms with Gasteiger partial charge < -0.3 is 20.1 Å². The van der Waals surface area contributed by atoms with Crippen LogP contribution in [-0.2, 0) is 6.42 Å². The zero-order valence-electron chi connectivity index (χ0n) is 11.9. The number of hydrogen-bond donors (Lipinski definition) is 1. The van der Waals surface area contributed by atoms with Crippen molar-refractivity contribution in [3.63, 3.8) is 0 Å². The number of methoxy groups -OCH3 is 1. The van der Waals surface area contributed by atoms with Crippen LogP contribution in [0.3, 0.4) is 0 Å². The maximum Gasteiger partial charge on any atom is 0.200 e. The Hall–Kier alpha value is -1.79. The summed E-state index contributed by atoms with van der Waals surface area (Å²) < 4.78 is 11.1. The lowest BCUT2D eigenvalue weighted by Crippen LogP contribution is -2.44. The number of rotatable bonds is 4. The van der Waals surface area contributed by atoms with Gasteiger partial charge >= 0.3 is 0 Å². The van der Waals surface area contributed by atoms with Crippen LogP contribution < -0.4 is 20.5 Å². The Bertz CT molecular complexity index is 588. The van der Waals surface area contributed by atoms with E-state index in [1.165, 1.54) is 0 Å². The highest BCUT2D eigenvalue weighted by Gasteiger charge is 2.32. The van der Waals surface area contributed by atoms with E-state index in [9.17, 15) is 0 Å². The molecule has 0 saturated heterocycles. The first-order chi connectivity index (χ1) is 10.2. The van der Waals surface area contributed by atoms with Crippen LogP contribution >= 0.6 is 12.2 Å². The summed E-state index contributed by atoms with van der Waals surface area (Å²) in [4.78, 5) is 2.07. The van der Waals surface area contributed by atoms with E-state index in [2.05, 4.69) is 10.2 Å². The van der Waals surface area contributed by atoms with Gasteiger partial charge in [0.05, 0.1) is 13.2 Å². The van der Waals surface area contributed by atoms with Crippen molar-refractivity contribution in [1.29, 1.82) is 0 Å². The van der Waals surface area contributed by atoms with E-state index >= 15 is 0 Å². The van der Waals surface area contributed by atoms with Crippen LogP contribution in [0.15, 0.2) is 30.1 Å². The number of hydrogen-bond acceptors (Lipinski definition) is 4. The normalized spacial score (nSPS) is 20.5. The minimum atomic E-state index is 0.154. The van der Waals surface area contributed by atoms with E-state index in [1.54, 1.807) is 7.11 Å². The van der Waals surface area contributed by atoms with Crippen LogP contribution in [0.2, 0.25) is 0 Å². The molecule has 2 heterocycles. The van der Waals surface area contributed by atoms with Gasteiger partial charge in [0.2, 0.25) is 0 Å². The molecule has 1 aromatic carbocycles. The van der Waals surface area contributed by atoms with Gasteiger partial charge in [-0.15, -0.1) is 0 Å². The Balaban J connectivity index is 1.81. The zero-order valence-corrected chi connectivity index (χ0v) is 12.7. The number of ether oxygens (including phenoxy) is 2. The average molecular weight is 304 g/mol. The number of nitrogens with zero attached hydrogens (tertiary/aromatic N) is 2. The molecule has 0 aromatic heterocycles. The number of benzene rings is 1. The third kappa shape index (κ3) is 2.69. The van der Waals surface area contributed by atoms with Crippen molar-refractivity contribution in [3.8, 4) is 11.5 Å².